The summed E-state index contributed by atoms with van der Waals surface area (Å²) in [4.78, 5) is 13.7. The van der Waals surface area contributed by atoms with Gasteiger partial charge in [0.05, 0.1) is 26.2 Å². The summed E-state index contributed by atoms with van der Waals surface area (Å²) in [6.45, 7) is 0.656. The number of nitrogens with one attached hydrogen (secondary N) is 1. The molecule has 1 aliphatic carbocycles. The molecule has 0 fully saturated rings. The fraction of sp³-hybridized carbons (Fsp3) is 0.296. The van der Waals surface area contributed by atoms with Crippen molar-refractivity contribution >= 4 is 23.4 Å². The van der Waals surface area contributed by atoms with Gasteiger partial charge in [-0.25, -0.2) is 0 Å². The van der Waals surface area contributed by atoms with Crippen LogP contribution in [0, 0.1) is 0 Å². The van der Waals surface area contributed by atoms with Gasteiger partial charge in [0.15, 0.2) is 16.9 Å². The molecule has 4 rings (SSSR count). The van der Waals surface area contributed by atoms with Gasteiger partial charge in [-0.1, -0.05) is 29.8 Å². The lowest BCUT2D eigenvalue weighted by molar-refractivity contribution is 0.324. The molecule has 0 radical (unpaired) electrons. The molecular formula is C27H28ClNO4S. The Morgan fingerprint density at radius 1 is 1.00 bits per heavy atom. The first-order valence-corrected chi connectivity index (χ1v) is 12.6. The van der Waals surface area contributed by atoms with Gasteiger partial charge in [-0.2, -0.15) is 0 Å². The van der Waals surface area contributed by atoms with E-state index in [1.165, 1.54) is 11.8 Å². The van der Waals surface area contributed by atoms with Crippen LogP contribution in [0.4, 0.5) is 0 Å². The predicted octanol–water partition coefficient (Wildman–Crippen LogP) is 5.89. The zero-order valence-electron chi connectivity index (χ0n) is 19.7. The normalized spacial score (nSPS) is 14.6. The van der Waals surface area contributed by atoms with Crippen LogP contribution in [0.15, 0.2) is 58.2 Å². The maximum atomic E-state index is 13.0. The molecule has 0 heterocycles. The molecule has 1 N–H and O–H groups in total. The lowest BCUT2D eigenvalue weighted by Crippen LogP contribution is -2.22. The Bertz CT molecular complexity index is 1250. The van der Waals surface area contributed by atoms with Crippen LogP contribution in [0.25, 0.3) is 11.1 Å². The van der Waals surface area contributed by atoms with Gasteiger partial charge in [-0.15, -0.1) is 11.8 Å². The topological polar surface area (TPSA) is 56.8 Å². The molecule has 0 aliphatic heterocycles. The second kappa shape index (κ2) is 10.7. The van der Waals surface area contributed by atoms with Gasteiger partial charge in [0.1, 0.15) is 0 Å². The number of thioether (sulfide) groups is 1. The first-order valence-electron chi connectivity index (χ1n) is 11.0. The van der Waals surface area contributed by atoms with E-state index in [-0.39, 0.29) is 11.5 Å². The van der Waals surface area contributed by atoms with E-state index in [0.717, 1.165) is 40.7 Å². The molecule has 1 aliphatic rings. The number of hydrogen-bond acceptors (Lipinski definition) is 6. The fourth-order valence-corrected chi connectivity index (χ4v) is 5.11. The summed E-state index contributed by atoms with van der Waals surface area (Å²) < 4.78 is 17.1. The van der Waals surface area contributed by atoms with Crippen LogP contribution in [-0.4, -0.2) is 27.6 Å². The number of hydrogen-bond donors (Lipinski definition) is 1. The molecule has 0 spiro atoms. The molecule has 3 aromatic carbocycles. The quantitative estimate of drug-likeness (QED) is 0.410. The first kappa shape index (κ1) is 24.5. The molecule has 0 saturated heterocycles. The monoisotopic (exact) mass is 497 g/mol. The van der Waals surface area contributed by atoms with Crippen molar-refractivity contribution < 1.29 is 14.2 Å². The van der Waals surface area contributed by atoms with Crippen molar-refractivity contribution in [3.05, 3.63) is 80.5 Å². The largest absolute Gasteiger partial charge is 0.493 e. The molecule has 0 saturated carbocycles. The van der Waals surface area contributed by atoms with Crippen molar-refractivity contribution in [2.45, 2.75) is 30.3 Å². The zero-order valence-corrected chi connectivity index (χ0v) is 21.3. The Morgan fingerprint density at radius 3 is 2.38 bits per heavy atom. The summed E-state index contributed by atoms with van der Waals surface area (Å²) in [7, 11) is 4.86. The second-order valence-electron chi connectivity index (χ2n) is 8.06. The Kier molecular flexibility index (Phi) is 7.71. The maximum Gasteiger partial charge on any atom is 0.203 e. The van der Waals surface area contributed by atoms with Gasteiger partial charge in [0.25, 0.3) is 0 Å². The Morgan fingerprint density at radius 2 is 1.74 bits per heavy atom. The highest BCUT2D eigenvalue weighted by molar-refractivity contribution is 7.98. The summed E-state index contributed by atoms with van der Waals surface area (Å²) in [5.41, 5.74) is 5.07. The van der Waals surface area contributed by atoms with Crippen LogP contribution in [0.1, 0.15) is 29.2 Å². The Labute approximate surface area is 209 Å². The number of aryl methyl sites for hydroxylation is 1. The third-order valence-electron chi connectivity index (χ3n) is 6.19. The number of benzene rings is 2. The maximum absolute atomic E-state index is 13.0. The van der Waals surface area contributed by atoms with E-state index in [4.69, 9.17) is 25.8 Å². The van der Waals surface area contributed by atoms with Crippen LogP contribution < -0.4 is 25.0 Å². The molecule has 0 unspecified atom stereocenters. The highest BCUT2D eigenvalue weighted by atomic mass is 35.5. The number of ether oxygens (including phenoxy) is 3. The first-order chi connectivity index (χ1) is 16.5. The van der Waals surface area contributed by atoms with Gasteiger partial charge in [0, 0.05) is 23.2 Å². The molecule has 3 aromatic rings. The molecule has 0 aromatic heterocycles. The number of methoxy groups -OCH3 is 3. The molecule has 0 amide bonds. The van der Waals surface area contributed by atoms with E-state index in [1.54, 1.807) is 27.4 Å². The number of halogens is 1. The summed E-state index contributed by atoms with van der Waals surface area (Å²) >= 11 is 7.50. The van der Waals surface area contributed by atoms with E-state index in [1.807, 2.05) is 48.7 Å². The molecular weight excluding hydrogens is 470 g/mol. The average molecular weight is 498 g/mol. The molecule has 0 bridgehead atoms. The van der Waals surface area contributed by atoms with Gasteiger partial charge in [-0.3, -0.25) is 4.79 Å². The fourth-order valence-electron chi connectivity index (χ4n) is 4.52. The Hall–Kier alpha value is -2.67. The van der Waals surface area contributed by atoms with Gasteiger partial charge >= 0.3 is 0 Å². The minimum Gasteiger partial charge on any atom is -0.493 e. The lowest BCUT2D eigenvalue weighted by Gasteiger charge is -2.20. The number of fused-ring (bicyclic) bond motifs is 3. The van der Waals surface area contributed by atoms with Crippen molar-refractivity contribution in [1.82, 2.24) is 5.32 Å². The number of rotatable bonds is 7. The predicted molar refractivity (Wildman–Crippen MR) is 139 cm³/mol. The van der Waals surface area contributed by atoms with Gasteiger partial charge in [0.2, 0.25) is 5.75 Å². The van der Waals surface area contributed by atoms with Crippen molar-refractivity contribution in [1.29, 1.82) is 0 Å². The smallest absolute Gasteiger partial charge is 0.203 e. The summed E-state index contributed by atoms with van der Waals surface area (Å²) in [5, 5.41) is 4.38. The summed E-state index contributed by atoms with van der Waals surface area (Å²) in [6, 6.07) is 15.5. The van der Waals surface area contributed by atoms with E-state index >= 15 is 0 Å². The molecule has 7 heteroatoms. The van der Waals surface area contributed by atoms with E-state index in [9.17, 15) is 4.79 Å². The van der Waals surface area contributed by atoms with Gasteiger partial charge in [-0.05, 0) is 71.7 Å². The van der Waals surface area contributed by atoms with Crippen molar-refractivity contribution in [3.63, 3.8) is 0 Å². The highest BCUT2D eigenvalue weighted by Gasteiger charge is 2.28. The molecule has 1 atom stereocenters. The van der Waals surface area contributed by atoms with Crippen LogP contribution in [0.3, 0.4) is 0 Å². The molecule has 34 heavy (non-hydrogen) atoms. The van der Waals surface area contributed by atoms with Crippen molar-refractivity contribution in [3.8, 4) is 28.4 Å². The van der Waals surface area contributed by atoms with Crippen LogP contribution in [-0.2, 0) is 13.0 Å². The molecule has 178 valence electrons. The molecule has 5 nitrogen and oxygen atoms in total. The lowest BCUT2D eigenvalue weighted by atomic mass is 9.95. The minimum atomic E-state index is -0.0328. The van der Waals surface area contributed by atoms with Gasteiger partial charge < -0.3 is 19.5 Å². The van der Waals surface area contributed by atoms with Crippen molar-refractivity contribution in [2.75, 3.05) is 27.6 Å². The van der Waals surface area contributed by atoms with Crippen LogP contribution in [0.5, 0.6) is 17.2 Å². The third kappa shape index (κ3) is 4.76. The zero-order chi connectivity index (χ0) is 24.2. The summed E-state index contributed by atoms with van der Waals surface area (Å²) in [6.07, 6.45) is 3.51. The SMILES string of the molecule is COc1cc2c(c(OC)c1OC)-c1ccc(SC)c(=O)cc1[C@@H](NCc1ccc(Cl)cc1)CC2. The van der Waals surface area contributed by atoms with Crippen LogP contribution in [0.2, 0.25) is 5.02 Å². The highest BCUT2D eigenvalue weighted by Crippen LogP contribution is 2.50. The van der Waals surface area contributed by atoms with Crippen LogP contribution >= 0.6 is 23.4 Å². The third-order valence-corrected chi connectivity index (χ3v) is 7.22. The second-order valence-corrected chi connectivity index (χ2v) is 9.34. The van der Waals surface area contributed by atoms with E-state index in [2.05, 4.69) is 5.32 Å². The van der Waals surface area contributed by atoms with E-state index in [0.29, 0.717) is 33.7 Å². The van der Waals surface area contributed by atoms with E-state index < -0.39 is 0 Å². The standard InChI is InChI=1S/C27H28ClNO4S/c1-31-23-13-17-7-11-21(29-15-16-5-8-18(28)9-6-16)20-14-22(30)24(34-4)12-10-19(20)25(17)27(33-3)26(23)32-2/h5-6,8-10,12-14,21,29H,7,11,15H2,1-4H3/t21-/m0/s1. The Balaban J connectivity index is 1.89. The average Bonchev–Trinajstić information content (AvgIpc) is 3.10. The summed E-state index contributed by atoms with van der Waals surface area (Å²) in [5.74, 6) is 1.78. The minimum absolute atomic E-state index is 0.00920. The van der Waals surface area contributed by atoms with Crippen molar-refractivity contribution in [2.24, 2.45) is 0 Å².